The Morgan fingerprint density at radius 1 is 1.24 bits per heavy atom. The van der Waals surface area contributed by atoms with Gasteiger partial charge in [0.2, 0.25) is 5.44 Å². The molecule has 1 aliphatic rings. The van der Waals surface area contributed by atoms with Crippen molar-refractivity contribution in [2.75, 3.05) is 0 Å². The summed E-state index contributed by atoms with van der Waals surface area (Å²) in [6.45, 7) is 0. The van der Waals surface area contributed by atoms with Gasteiger partial charge in [-0.1, -0.05) is 30.3 Å². The van der Waals surface area contributed by atoms with E-state index in [1.807, 2.05) is 30.3 Å². The molecule has 0 bridgehead atoms. The Hall–Kier alpha value is -0.950. The van der Waals surface area contributed by atoms with E-state index in [1.165, 1.54) is 0 Å². The third-order valence-corrected chi connectivity index (χ3v) is 4.22. The number of hydrogen-bond donors (Lipinski definition) is 3. The summed E-state index contributed by atoms with van der Waals surface area (Å²) in [5, 5.41) is 19.2. The van der Waals surface area contributed by atoms with Crippen LogP contribution in [0, 0.1) is 0 Å². The number of benzene rings is 1. The van der Waals surface area contributed by atoms with Gasteiger partial charge in [0.1, 0.15) is 5.60 Å². The van der Waals surface area contributed by atoms with Crippen LogP contribution in [0.15, 0.2) is 30.3 Å². The molecule has 0 radical (unpaired) electrons. The smallest absolute Gasteiger partial charge is 0.294 e. The minimum atomic E-state index is -4.62. The van der Waals surface area contributed by atoms with Gasteiger partial charge in [-0.15, -0.1) is 0 Å². The lowest BCUT2D eigenvalue weighted by molar-refractivity contribution is -0.106. The van der Waals surface area contributed by atoms with E-state index in [9.17, 15) is 18.6 Å². The van der Waals surface area contributed by atoms with Crippen molar-refractivity contribution in [2.45, 2.75) is 29.8 Å². The lowest BCUT2D eigenvalue weighted by Crippen LogP contribution is -2.54. The molecule has 6 heteroatoms. The fourth-order valence-corrected chi connectivity index (χ4v) is 2.98. The second-order valence-electron chi connectivity index (χ2n) is 4.49. The first kappa shape index (κ1) is 12.5. The van der Waals surface area contributed by atoms with Crippen molar-refractivity contribution in [2.24, 2.45) is 0 Å². The molecule has 17 heavy (non-hydrogen) atoms. The molecule has 0 spiro atoms. The molecule has 1 atom stereocenters. The van der Waals surface area contributed by atoms with Crippen LogP contribution in [0.3, 0.4) is 0 Å². The first-order valence-electron chi connectivity index (χ1n) is 5.25. The molecule has 0 aliphatic heterocycles. The van der Waals surface area contributed by atoms with Crippen LogP contribution in [0.4, 0.5) is 0 Å². The quantitative estimate of drug-likeness (QED) is 0.686. The highest BCUT2D eigenvalue weighted by Crippen LogP contribution is 2.47. The highest BCUT2D eigenvalue weighted by atomic mass is 32.2. The number of aliphatic hydroxyl groups excluding tert-OH is 1. The number of rotatable bonds is 3. The molecule has 1 aliphatic carbocycles. The summed E-state index contributed by atoms with van der Waals surface area (Å²) in [5.41, 5.74) is -2.89. The van der Waals surface area contributed by atoms with E-state index in [0.717, 1.165) is 5.56 Å². The van der Waals surface area contributed by atoms with Crippen LogP contribution in [0.5, 0.6) is 0 Å². The fourth-order valence-electron chi connectivity index (χ4n) is 2.23. The van der Waals surface area contributed by atoms with Gasteiger partial charge in [-0.05, 0) is 24.3 Å². The van der Waals surface area contributed by atoms with Crippen molar-refractivity contribution in [3.05, 3.63) is 35.9 Å². The fraction of sp³-hybridized carbons (Fsp3) is 0.455. The Morgan fingerprint density at radius 2 is 1.76 bits per heavy atom. The van der Waals surface area contributed by atoms with Crippen LogP contribution in [0.25, 0.3) is 0 Å². The molecular formula is C11H14O5S. The van der Waals surface area contributed by atoms with E-state index < -0.39 is 21.2 Å². The van der Waals surface area contributed by atoms with Crippen molar-refractivity contribution < 1.29 is 23.2 Å². The molecule has 1 aromatic carbocycles. The Morgan fingerprint density at radius 3 is 2.24 bits per heavy atom. The average Bonchev–Trinajstić information content (AvgIpc) is 2.24. The predicted molar refractivity (Wildman–Crippen MR) is 60.9 cm³/mol. The zero-order valence-electron chi connectivity index (χ0n) is 9.02. The molecule has 2 rings (SSSR count). The van der Waals surface area contributed by atoms with Crippen LogP contribution >= 0.6 is 0 Å². The average molecular weight is 258 g/mol. The van der Waals surface area contributed by atoms with Gasteiger partial charge in [0.15, 0.2) is 0 Å². The molecule has 0 heterocycles. The lowest BCUT2D eigenvalue weighted by Gasteiger charge is -2.45. The minimum absolute atomic E-state index is 0.0117. The molecule has 0 saturated heterocycles. The van der Waals surface area contributed by atoms with Gasteiger partial charge in [-0.2, -0.15) is 8.42 Å². The molecule has 1 unspecified atom stereocenters. The second kappa shape index (κ2) is 4.06. The second-order valence-corrected chi connectivity index (χ2v) is 5.96. The van der Waals surface area contributed by atoms with Gasteiger partial charge in [0.25, 0.3) is 10.1 Å². The van der Waals surface area contributed by atoms with Gasteiger partial charge in [0, 0.05) is 0 Å². The Kier molecular flexibility index (Phi) is 2.99. The Balaban J connectivity index is 2.08. The number of hydrogen-bond acceptors (Lipinski definition) is 4. The van der Waals surface area contributed by atoms with Crippen molar-refractivity contribution in [3.8, 4) is 0 Å². The maximum absolute atomic E-state index is 10.8. The van der Waals surface area contributed by atoms with Crippen molar-refractivity contribution >= 4 is 10.1 Å². The third-order valence-electron chi connectivity index (χ3n) is 3.21. The Bertz CT molecular complexity index is 490. The molecule has 1 fully saturated rings. The van der Waals surface area contributed by atoms with Gasteiger partial charge in [0.05, 0.1) is 0 Å². The first-order valence-corrected chi connectivity index (χ1v) is 6.75. The summed E-state index contributed by atoms with van der Waals surface area (Å²) in [5.74, 6) is 0.0117. The van der Waals surface area contributed by atoms with E-state index in [-0.39, 0.29) is 18.8 Å². The molecule has 1 aromatic rings. The van der Waals surface area contributed by atoms with Gasteiger partial charge in [-0.25, -0.2) is 0 Å². The van der Waals surface area contributed by atoms with E-state index in [1.54, 1.807) is 0 Å². The Labute approximate surface area is 99.5 Å². The first-order chi connectivity index (χ1) is 7.83. The third kappa shape index (κ3) is 2.35. The van der Waals surface area contributed by atoms with Crippen LogP contribution in [0.1, 0.15) is 24.3 Å². The van der Waals surface area contributed by atoms with Crippen LogP contribution in [-0.4, -0.2) is 34.2 Å². The van der Waals surface area contributed by atoms with Crippen molar-refractivity contribution in [1.29, 1.82) is 0 Å². The van der Waals surface area contributed by atoms with E-state index in [4.69, 9.17) is 4.55 Å². The monoisotopic (exact) mass is 258 g/mol. The maximum atomic E-state index is 10.8. The highest BCUT2D eigenvalue weighted by Gasteiger charge is 2.53. The molecule has 0 amide bonds. The normalized spacial score (nSPS) is 30.6. The zero-order chi connectivity index (χ0) is 12.7. The minimum Gasteiger partial charge on any atom is -0.386 e. The van der Waals surface area contributed by atoms with E-state index >= 15 is 0 Å². The van der Waals surface area contributed by atoms with Crippen molar-refractivity contribution in [3.63, 3.8) is 0 Å². The van der Waals surface area contributed by atoms with Crippen molar-refractivity contribution in [1.82, 2.24) is 0 Å². The topological polar surface area (TPSA) is 94.8 Å². The molecular weight excluding hydrogens is 244 g/mol. The lowest BCUT2D eigenvalue weighted by atomic mass is 9.68. The summed E-state index contributed by atoms with van der Waals surface area (Å²) < 4.78 is 30.2. The highest BCUT2D eigenvalue weighted by molar-refractivity contribution is 7.86. The van der Waals surface area contributed by atoms with Crippen LogP contribution in [0.2, 0.25) is 0 Å². The SMILES string of the molecule is O=S(=O)(O)C(O)[C@]1(O)C[C@H](c2ccccc2)C1. The van der Waals surface area contributed by atoms with Crippen LogP contribution < -0.4 is 0 Å². The number of aliphatic hydroxyl groups is 2. The molecule has 3 N–H and O–H groups in total. The predicted octanol–water partition coefficient (Wildman–Crippen LogP) is 0.501. The molecule has 5 nitrogen and oxygen atoms in total. The maximum Gasteiger partial charge on any atom is 0.294 e. The summed E-state index contributed by atoms with van der Waals surface area (Å²) in [4.78, 5) is 0. The summed E-state index contributed by atoms with van der Waals surface area (Å²) in [6, 6.07) is 9.33. The molecule has 94 valence electrons. The zero-order valence-corrected chi connectivity index (χ0v) is 9.84. The molecule has 1 saturated carbocycles. The van der Waals surface area contributed by atoms with E-state index in [2.05, 4.69) is 0 Å². The van der Waals surface area contributed by atoms with Crippen LogP contribution in [-0.2, 0) is 10.1 Å². The van der Waals surface area contributed by atoms with E-state index in [0.29, 0.717) is 0 Å². The van der Waals surface area contributed by atoms with Gasteiger partial charge >= 0.3 is 0 Å². The van der Waals surface area contributed by atoms with Gasteiger partial charge in [-0.3, -0.25) is 4.55 Å². The summed E-state index contributed by atoms with van der Waals surface area (Å²) in [7, 11) is -4.62. The molecule has 0 aromatic heterocycles. The summed E-state index contributed by atoms with van der Waals surface area (Å²) in [6.07, 6.45) is 0.246. The summed E-state index contributed by atoms with van der Waals surface area (Å²) >= 11 is 0. The largest absolute Gasteiger partial charge is 0.386 e. The van der Waals surface area contributed by atoms with Gasteiger partial charge < -0.3 is 10.2 Å². The standard InChI is InChI=1S/C11H14O5S/c12-10(17(14,15)16)11(13)6-9(7-11)8-4-2-1-3-5-8/h1-5,9-10,12-13H,6-7H2,(H,14,15,16)/t9-,10?,11-.